The van der Waals surface area contributed by atoms with E-state index < -0.39 is 27.1 Å². The Morgan fingerprint density at radius 2 is 1.92 bits per heavy atom. The van der Waals surface area contributed by atoms with E-state index in [1.807, 2.05) is 17.5 Å². The quantitative estimate of drug-likeness (QED) is 0.416. The van der Waals surface area contributed by atoms with E-state index in [1.165, 1.54) is 31.3 Å². The molecular weight excluding hydrogens is 550 g/mol. The first-order valence-corrected chi connectivity index (χ1v) is 14.9. The van der Waals surface area contributed by atoms with Gasteiger partial charge in [-0.25, -0.2) is 17.4 Å². The molecule has 2 N–H and O–H groups in total. The van der Waals surface area contributed by atoms with E-state index in [0.29, 0.717) is 5.13 Å². The van der Waals surface area contributed by atoms with Gasteiger partial charge in [0, 0.05) is 35.9 Å². The summed E-state index contributed by atoms with van der Waals surface area (Å²) in [6.07, 6.45) is 1.44. The largest absolute Gasteiger partial charge is 0.372 e. The second-order valence-electron chi connectivity index (χ2n) is 9.42. The molecule has 2 atom stereocenters. The Morgan fingerprint density at radius 1 is 1.21 bits per heavy atom. The summed E-state index contributed by atoms with van der Waals surface area (Å²) in [5.74, 6) is -1.09. The van der Waals surface area contributed by atoms with Gasteiger partial charge < -0.3 is 20.3 Å². The van der Waals surface area contributed by atoms with E-state index in [4.69, 9.17) is 16.3 Å². The van der Waals surface area contributed by atoms with Gasteiger partial charge in [-0.15, -0.1) is 11.3 Å². The van der Waals surface area contributed by atoms with Crippen molar-refractivity contribution in [1.82, 2.24) is 14.3 Å². The number of hydrogen-bond acceptors (Lipinski definition) is 8. The molecule has 1 aliphatic rings. The Kier molecular flexibility index (Phi) is 8.46. The summed E-state index contributed by atoms with van der Waals surface area (Å²) in [5.41, 5.74) is 2.78. The zero-order valence-corrected chi connectivity index (χ0v) is 23.9. The van der Waals surface area contributed by atoms with Gasteiger partial charge in [0.25, 0.3) is 5.91 Å². The summed E-state index contributed by atoms with van der Waals surface area (Å²) >= 11 is 7.30. The first kappa shape index (κ1) is 28.1. The van der Waals surface area contributed by atoms with Gasteiger partial charge in [-0.1, -0.05) is 23.7 Å². The van der Waals surface area contributed by atoms with Crippen molar-refractivity contribution in [3.05, 3.63) is 52.6 Å². The van der Waals surface area contributed by atoms with Crippen LogP contribution in [0.15, 0.2) is 41.9 Å². The van der Waals surface area contributed by atoms with Gasteiger partial charge in [-0.2, -0.15) is 0 Å². The van der Waals surface area contributed by atoms with Crippen molar-refractivity contribution in [3.8, 4) is 11.3 Å². The predicted molar refractivity (Wildman–Crippen MR) is 150 cm³/mol. The lowest BCUT2D eigenvalue weighted by Crippen LogP contribution is -2.45. The van der Waals surface area contributed by atoms with Crippen LogP contribution in [-0.2, 0) is 19.6 Å². The van der Waals surface area contributed by atoms with Crippen LogP contribution in [0.5, 0.6) is 0 Å². The second kappa shape index (κ2) is 11.4. The molecule has 0 radical (unpaired) electrons. The Bertz CT molecular complexity index is 1430. The zero-order valence-electron chi connectivity index (χ0n) is 21.5. The lowest BCUT2D eigenvalue weighted by Gasteiger charge is -2.37. The van der Waals surface area contributed by atoms with Gasteiger partial charge in [0.05, 0.1) is 35.3 Å². The highest BCUT2D eigenvalue weighted by molar-refractivity contribution is 7.90. The topological polar surface area (TPSA) is 123 Å². The molecule has 38 heavy (non-hydrogen) atoms. The molecule has 13 heteroatoms. The predicted octanol–water partition coefficient (Wildman–Crippen LogP) is 3.83. The normalized spacial score (nSPS) is 18.0. The molecule has 4 rings (SSSR count). The fraction of sp³-hybridized carbons (Fsp3) is 0.400. The third-order valence-corrected chi connectivity index (χ3v) is 9.15. The minimum Gasteiger partial charge on any atom is -0.372 e. The number of thiazole rings is 1. The van der Waals surface area contributed by atoms with Gasteiger partial charge in [-0.05, 0) is 45.9 Å². The molecule has 2 aromatic heterocycles. The number of carbonyl (C=O) groups is 2. The molecule has 2 amide bonds. The number of nitrogens with one attached hydrogen (secondary N) is 2. The van der Waals surface area contributed by atoms with Gasteiger partial charge in [-0.3, -0.25) is 9.59 Å². The molecule has 10 nitrogen and oxygen atoms in total. The molecule has 3 heterocycles. The third kappa shape index (κ3) is 6.37. The highest BCUT2D eigenvalue weighted by Gasteiger charge is 2.24. The summed E-state index contributed by atoms with van der Waals surface area (Å²) in [4.78, 5) is 31.7. The molecule has 1 fully saturated rings. The Balaban J connectivity index is 1.35. The Labute approximate surface area is 231 Å². The number of halogens is 1. The monoisotopic (exact) mass is 579 g/mol. The number of benzene rings is 1. The Hall–Kier alpha value is -2.93. The Morgan fingerprint density at radius 3 is 2.61 bits per heavy atom. The van der Waals surface area contributed by atoms with Crippen LogP contribution in [0.2, 0.25) is 5.15 Å². The zero-order chi connectivity index (χ0) is 27.6. The van der Waals surface area contributed by atoms with Crippen LogP contribution in [0.3, 0.4) is 0 Å². The maximum Gasteiger partial charge on any atom is 0.253 e. The second-order valence-corrected chi connectivity index (χ2v) is 13.0. The molecular formula is C25H30ClN5O5S2. The first-order chi connectivity index (χ1) is 17.9. The number of morpholine rings is 1. The molecule has 0 saturated carbocycles. The highest BCUT2D eigenvalue weighted by atomic mass is 35.5. The number of aromatic nitrogens is 2. The van der Waals surface area contributed by atoms with E-state index in [0.717, 1.165) is 40.2 Å². The maximum absolute atomic E-state index is 12.5. The van der Waals surface area contributed by atoms with Crippen molar-refractivity contribution < 1.29 is 22.7 Å². The average Bonchev–Trinajstić information content (AvgIpc) is 3.49. The minimum atomic E-state index is -3.72. The molecule has 0 spiro atoms. The standard InChI is InChI=1S/C25H30ClN5O5S2/c1-15(2)38(34,35)31-13-19(9-22(31)26)24(33)27-10-23(32)29-25-28-21(14-37-25)18-6-5-7-20(8-18)30-11-16(3)36-17(4)12-30/h5-9,13-17H,10-12H2,1-4H3,(H,27,33)(H,28,29,32)/t16-,17+. The van der Waals surface area contributed by atoms with Crippen molar-refractivity contribution in [3.63, 3.8) is 0 Å². The van der Waals surface area contributed by atoms with E-state index in [2.05, 4.69) is 46.5 Å². The molecule has 0 bridgehead atoms. The average molecular weight is 580 g/mol. The summed E-state index contributed by atoms with van der Waals surface area (Å²) in [5, 5.41) is 6.59. The first-order valence-electron chi connectivity index (χ1n) is 12.1. The lowest BCUT2D eigenvalue weighted by molar-refractivity contribution is -0.115. The molecule has 1 saturated heterocycles. The van der Waals surface area contributed by atoms with Crippen LogP contribution in [0.25, 0.3) is 11.3 Å². The van der Waals surface area contributed by atoms with E-state index in [-0.39, 0.29) is 29.5 Å². The van der Waals surface area contributed by atoms with Crippen molar-refractivity contribution in [2.24, 2.45) is 0 Å². The number of nitrogens with zero attached hydrogens (tertiary/aromatic N) is 3. The van der Waals surface area contributed by atoms with Crippen molar-refractivity contribution in [1.29, 1.82) is 0 Å². The van der Waals surface area contributed by atoms with Crippen LogP contribution < -0.4 is 15.5 Å². The molecule has 3 aromatic rings. The van der Waals surface area contributed by atoms with Gasteiger partial charge >= 0.3 is 0 Å². The van der Waals surface area contributed by atoms with E-state index in [1.54, 1.807) is 0 Å². The van der Waals surface area contributed by atoms with Crippen LogP contribution in [0.1, 0.15) is 38.1 Å². The molecule has 1 aromatic carbocycles. The number of ether oxygens (including phenoxy) is 1. The number of amides is 2. The summed E-state index contributed by atoms with van der Waals surface area (Å²) < 4.78 is 31.4. The molecule has 0 unspecified atom stereocenters. The number of anilines is 2. The molecule has 1 aliphatic heterocycles. The fourth-order valence-electron chi connectivity index (χ4n) is 4.10. The van der Waals surface area contributed by atoms with Crippen molar-refractivity contribution >= 4 is 55.6 Å². The molecule has 0 aliphatic carbocycles. The highest BCUT2D eigenvalue weighted by Crippen LogP contribution is 2.29. The number of carbonyl (C=O) groups excluding carboxylic acids is 2. The van der Waals surface area contributed by atoms with Gasteiger partial charge in [0.2, 0.25) is 15.9 Å². The summed E-state index contributed by atoms with van der Waals surface area (Å²) in [7, 11) is -3.72. The van der Waals surface area contributed by atoms with Gasteiger partial charge in [0.15, 0.2) is 5.13 Å². The minimum absolute atomic E-state index is 0.0347. The van der Waals surface area contributed by atoms with Crippen LogP contribution >= 0.6 is 22.9 Å². The van der Waals surface area contributed by atoms with Gasteiger partial charge in [0.1, 0.15) is 5.15 Å². The third-order valence-electron chi connectivity index (χ3n) is 5.96. The lowest BCUT2D eigenvalue weighted by atomic mass is 10.1. The maximum atomic E-state index is 12.5. The number of hydrogen-bond donors (Lipinski definition) is 2. The van der Waals surface area contributed by atoms with Crippen LogP contribution in [-0.4, -0.2) is 66.3 Å². The smallest absolute Gasteiger partial charge is 0.253 e. The van der Waals surface area contributed by atoms with E-state index in [9.17, 15) is 18.0 Å². The molecule has 204 valence electrons. The van der Waals surface area contributed by atoms with E-state index >= 15 is 0 Å². The summed E-state index contributed by atoms with van der Waals surface area (Å²) in [6, 6.07) is 9.32. The summed E-state index contributed by atoms with van der Waals surface area (Å²) in [6.45, 7) is 8.45. The fourth-order valence-corrected chi connectivity index (χ4v) is 6.31. The van der Waals surface area contributed by atoms with Crippen LogP contribution in [0.4, 0.5) is 10.8 Å². The van der Waals surface area contributed by atoms with Crippen LogP contribution in [0, 0.1) is 0 Å². The van der Waals surface area contributed by atoms with Crippen molar-refractivity contribution in [2.45, 2.75) is 45.2 Å². The van der Waals surface area contributed by atoms with Crippen molar-refractivity contribution in [2.75, 3.05) is 29.9 Å². The SMILES string of the molecule is CC(C)S(=O)(=O)n1cc(C(=O)NCC(=O)Nc2nc(-c3cccc(N4C[C@@H](C)O[C@@H](C)C4)c3)cs2)cc1Cl. The number of rotatable bonds is 8.